The summed E-state index contributed by atoms with van der Waals surface area (Å²) in [6.07, 6.45) is 0. The summed E-state index contributed by atoms with van der Waals surface area (Å²) in [5.74, 6) is 1.93. The monoisotopic (exact) mass is 640 g/mol. The third kappa shape index (κ3) is 4.60. The summed E-state index contributed by atoms with van der Waals surface area (Å²) in [6, 6.07) is 58.5. The van der Waals surface area contributed by atoms with Gasteiger partial charge in [0.2, 0.25) is 0 Å². The zero-order valence-corrected chi connectivity index (χ0v) is 26.9. The molecule has 0 aliphatic rings. The number of hydrogen-bond acceptors (Lipinski definition) is 4. The van der Waals surface area contributed by atoms with Crippen LogP contribution >= 0.6 is 0 Å². The van der Waals surface area contributed by atoms with Gasteiger partial charge in [-0.1, -0.05) is 140 Å². The van der Waals surface area contributed by atoms with Gasteiger partial charge in [-0.25, -0.2) is 15.0 Å². The number of nitrogens with zero attached hydrogens (tertiary/aromatic N) is 4. The van der Waals surface area contributed by atoms with E-state index in [9.17, 15) is 0 Å². The first-order valence-electron chi connectivity index (χ1n) is 16.7. The molecule has 50 heavy (non-hydrogen) atoms. The number of benzene rings is 7. The normalized spacial score (nSPS) is 11.6. The van der Waals surface area contributed by atoms with Gasteiger partial charge in [-0.05, 0) is 41.5 Å². The predicted molar refractivity (Wildman–Crippen MR) is 203 cm³/mol. The van der Waals surface area contributed by atoms with Gasteiger partial charge in [0, 0.05) is 38.2 Å². The Kier molecular flexibility index (Phi) is 6.42. The van der Waals surface area contributed by atoms with E-state index in [2.05, 4.69) is 114 Å². The fourth-order valence-corrected chi connectivity index (χ4v) is 7.07. The molecule has 0 amide bonds. The Balaban J connectivity index is 1.05. The number of para-hydroxylation sites is 3. The van der Waals surface area contributed by atoms with Crippen LogP contribution in [0.4, 0.5) is 0 Å². The van der Waals surface area contributed by atoms with E-state index < -0.39 is 0 Å². The number of furan rings is 1. The molecule has 3 heterocycles. The van der Waals surface area contributed by atoms with Crippen LogP contribution in [0, 0.1) is 0 Å². The molecular formula is C45H28N4O. The van der Waals surface area contributed by atoms with Crippen molar-refractivity contribution in [3.05, 3.63) is 170 Å². The Morgan fingerprint density at radius 3 is 1.44 bits per heavy atom. The first-order valence-corrected chi connectivity index (χ1v) is 16.7. The zero-order chi connectivity index (χ0) is 33.0. The van der Waals surface area contributed by atoms with Crippen molar-refractivity contribution in [1.82, 2.24) is 19.5 Å². The smallest absolute Gasteiger partial charge is 0.164 e. The van der Waals surface area contributed by atoms with E-state index in [4.69, 9.17) is 19.4 Å². The van der Waals surface area contributed by atoms with Crippen LogP contribution in [0.1, 0.15) is 0 Å². The van der Waals surface area contributed by atoms with Crippen LogP contribution in [0.15, 0.2) is 174 Å². The minimum Gasteiger partial charge on any atom is -0.454 e. The highest BCUT2D eigenvalue weighted by molar-refractivity contribution is 6.13. The van der Waals surface area contributed by atoms with Gasteiger partial charge in [-0.15, -0.1) is 0 Å². The molecule has 0 spiro atoms. The molecule has 5 nitrogen and oxygen atoms in total. The van der Waals surface area contributed by atoms with Crippen LogP contribution in [0.25, 0.3) is 94.7 Å². The second kappa shape index (κ2) is 11.4. The summed E-state index contributed by atoms with van der Waals surface area (Å²) >= 11 is 0. The Hall–Kier alpha value is -6.85. The third-order valence-electron chi connectivity index (χ3n) is 9.47. The molecule has 0 saturated carbocycles. The van der Waals surface area contributed by atoms with Gasteiger partial charge in [0.05, 0.1) is 16.7 Å². The van der Waals surface area contributed by atoms with Crippen molar-refractivity contribution in [2.75, 3.05) is 0 Å². The van der Waals surface area contributed by atoms with E-state index in [1.165, 1.54) is 10.8 Å². The molecule has 0 bridgehead atoms. The number of hydrogen-bond donors (Lipinski definition) is 0. The molecule has 0 fully saturated rings. The highest BCUT2D eigenvalue weighted by Gasteiger charge is 2.18. The summed E-state index contributed by atoms with van der Waals surface area (Å²) in [5.41, 5.74) is 10.1. The summed E-state index contributed by atoms with van der Waals surface area (Å²) in [7, 11) is 0. The van der Waals surface area contributed by atoms with Crippen molar-refractivity contribution in [2.24, 2.45) is 0 Å². The fraction of sp³-hybridized carbons (Fsp3) is 0. The van der Waals surface area contributed by atoms with Crippen LogP contribution < -0.4 is 0 Å². The van der Waals surface area contributed by atoms with Crippen LogP contribution in [-0.2, 0) is 0 Å². The fourth-order valence-electron chi connectivity index (χ4n) is 7.07. The van der Waals surface area contributed by atoms with Crippen LogP contribution in [0.5, 0.6) is 0 Å². The molecular weight excluding hydrogens is 613 g/mol. The maximum atomic E-state index is 6.72. The van der Waals surface area contributed by atoms with Gasteiger partial charge >= 0.3 is 0 Å². The number of aromatic nitrogens is 4. The molecule has 0 saturated heterocycles. The van der Waals surface area contributed by atoms with Gasteiger partial charge in [0.25, 0.3) is 0 Å². The quantitative estimate of drug-likeness (QED) is 0.188. The van der Waals surface area contributed by atoms with Crippen LogP contribution in [0.2, 0.25) is 0 Å². The lowest BCUT2D eigenvalue weighted by atomic mass is 10.0. The van der Waals surface area contributed by atoms with E-state index >= 15 is 0 Å². The van der Waals surface area contributed by atoms with Crippen molar-refractivity contribution in [1.29, 1.82) is 0 Å². The van der Waals surface area contributed by atoms with E-state index in [0.29, 0.717) is 17.5 Å². The highest BCUT2D eigenvalue weighted by atomic mass is 16.3. The standard InChI is InChI=1S/C45H28N4O/c1-3-12-30(13-4-1)43-46-44(31-14-5-2-6-15-31)48-45(47-43)32-24-22-29(23-25-32)33-26-27-36-37-18-11-21-40(42(37)50-41(36)28-33)49-38-19-9-7-16-34(38)35-17-8-10-20-39(35)49/h1-28H. The first kappa shape index (κ1) is 28.2. The van der Waals surface area contributed by atoms with Crippen molar-refractivity contribution < 1.29 is 4.42 Å². The molecule has 7 aromatic carbocycles. The van der Waals surface area contributed by atoms with Gasteiger partial charge in [-0.2, -0.15) is 0 Å². The molecule has 0 unspecified atom stereocenters. The molecule has 0 radical (unpaired) electrons. The summed E-state index contributed by atoms with van der Waals surface area (Å²) in [6.45, 7) is 0. The van der Waals surface area contributed by atoms with E-state index in [-0.39, 0.29) is 0 Å². The molecule has 3 aromatic heterocycles. The van der Waals surface area contributed by atoms with Gasteiger partial charge < -0.3 is 8.98 Å². The molecule has 10 rings (SSSR count). The average Bonchev–Trinajstić information content (AvgIpc) is 3.74. The lowest BCUT2D eigenvalue weighted by Crippen LogP contribution is -2.00. The molecule has 0 aliphatic heterocycles. The molecule has 10 aromatic rings. The minimum absolute atomic E-state index is 0.634. The molecule has 0 N–H and O–H groups in total. The van der Waals surface area contributed by atoms with Crippen molar-refractivity contribution in [2.45, 2.75) is 0 Å². The molecule has 0 aliphatic carbocycles. The van der Waals surface area contributed by atoms with Gasteiger partial charge in [0.1, 0.15) is 5.58 Å². The lowest BCUT2D eigenvalue weighted by Gasteiger charge is -2.09. The molecule has 0 atom stereocenters. The molecule has 234 valence electrons. The average molecular weight is 641 g/mol. The Morgan fingerprint density at radius 2 is 0.840 bits per heavy atom. The Labute approximate surface area is 287 Å². The number of rotatable bonds is 5. The van der Waals surface area contributed by atoms with Gasteiger partial charge in [-0.3, -0.25) is 0 Å². The maximum Gasteiger partial charge on any atom is 0.164 e. The SMILES string of the molecule is c1ccc(-c2nc(-c3ccccc3)nc(-c3ccc(-c4ccc5c(c4)oc4c(-n6c7ccccc7c7ccccc76)cccc45)cc3)n2)cc1. The van der Waals surface area contributed by atoms with E-state index in [1.807, 2.05) is 60.7 Å². The number of fused-ring (bicyclic) bond motifs is 6. The minimum atomic E-state index is 0.634. The van der Waals surface area contributed by atoms with Gasteiger partial charge in [0.15, 0.2) is 23.1 Å². The van der Waals surface area contributed by atoms with Crippen molar-refractivity contribution in [3.8, 4) is 51.0 Å². The Morgan fingerprint density at radius 1 is 0.360 bits per heavy atom. The van der Waals surface area contributed by atoms with Crippen molar-refractivity contribution in [3.63, 3.8) is 0 Å². The van der Waals surface area contributed by atoms with E-state index in [1.54, 1.807) is 0 Å². The predicted octanol–water partition coefficient (Wildman–Crippen LogP) is 11.5. The third-order valence-corrected chi connectivity index (χ3v) is 9.47. The van der Waals surface area contributed by atoms with Crippen molar-refractivity contribution >= 4 is 43.7 Å². The summed E-state index contributed by atoms with van der Waals surface area (Å²) in [4.78, 5) is 14.6. The Bertz CT molecular complexity index is 2740. The van der Waals surface area contributed by atoms with Crippen LogP contribution in [-0.4, -0.2) is 19.5 Å². The lowest BCUT2D eigenvalue weighted by molar-refractivity contribution is 0.666. The summed E-state index contributed by atoms with van der Waals surface area (Å²) in [5, 5.41) is 4.65. The largest absolute Gasteiger partial charge is 0.454 e. The summed E-state index contributed by atoms with van der Waals surface area (Å²) < 4.78 is 9.05. The second-order valence-electron chi connectivity index (χ2n) is 12.5. The first-order chi connectivity index (χ1) is 24.8. The zero-order valence-electron chi connectivity index (χ0n) is 26.9. The maximum absolute atomic E-state index is 6.72. The highest BCUT2D eigenvalue weighted by Crippen LogP contribution is 2.39. The van der Waals surface area contributed by atoms with E-state index in [0.717, 1.165) is 66.5 Å². The molecule has 5 heteroatoms. The second-order valence-corrected chi connectivity index (χ2v) is 12.5. The van der Waals surface area contributed by atoms with Crippen LogP contribution in [0.3, 0.4) is 0 Å². The topological polar surface area (TPSA) is 56.7 Å².